The first-order valence-electron chi connectivity index (χ1n) is 4.45. The Morgan fingerprint density at radius 2 is 2.19 bits per heavy atom. The molecular formula is C9H9BrCl2F2OS. The summed E-state index contributed by atoms with van der Waals surface area (Å²) in [6.07, 6.45) is -1.95. The van der Waals surface area contributed by atoms with E-state index < -0.39 is 13.0 Å². The Morgan fingerprint density at radius 3 is 2.69 bits per heavy atom. The molecule has 0 aliphatic carbocycles. The molecule has 16 heavy (non-hydrogen) atoms. The Hall–Kier alpha value is 0.580. The zero-order valence-electron chi connectivity index (χ0n) is 8.06. The maximum absolute atomic E-state index is 11.8. The van der Waals surface area contributed by atoms with E-state index in [0.717, 1.165) is 8.66 Å². The van der Waals surface area contributed by atoms with E-state index in [2.05, 4.69) is 15.9 Å². The summed E-state index contributed by atoms with van der Waals surface area (Å²) in [6, 6.07) is 1.76. The maximum atomic E-state index is 11.8. The van der Waals surface area contributed by atoms with Gasteiger partial charge in [0.1, 0.15) is 6.61 Å². The van der Waals surface area contributed by atoms with Crippen LogP contribution in [0.1, 0.15) is 16.7 Å². The molecule has 7 heteroatoms. The lowest BCUT2D eigenvalue weighted by Gasteiger charge is -2.07. The van der Waals surface area contributed by atoms with E-state index in [-0.39, 0.29) is 12.0 Å². The SMILES string of the molecule is FC(F)COCCC(Cl)c1cc(Cl)c(Br)s1. The molecule has 0 spiro atoms. The summed E-state index contributed by atoms with van der Waals surface area (Å²) >= 11 is 16.6. The highest BCUT2D eigenvalue weighted by Crippen LogP contribution is 2.38. The Bertz CT molecular complexity index is 316. The fraction of sp³-hybridized carbons (Fsp3) is 0.556. The molecule has 0 radical (unpaired) electrons. The van der Waals surface area contributed by atoms with Gasteiger partial charge in [0, 0.05) is 11.5 Å². The minimum atomic E-state index is -2.43. The summed E-state index contributed by atoms with van der Waals surface area (Å²) in [4.78, 5) is 0.902. The Labute approximate surface area is 115 Å². The summed E-state index contributed by atoms with van der Waals surface area (Å²) in [5.74, 6) is 0. The van der Waals surface area contributed by atoms with Crippen LogP contribution in [0, 0.1) is 0 Å². The highest BCUT2D eigenvalue weighted by molar-refractivity contribution is 9.11. The molecule has 0 aliphatic heterocycles. The number of halogens is 5. The van der Waals surface area contributed by atoms with Gasteiger partial charge in [-0.1, -0.05) is 11.6 Å². The summed E-state index contributed by atoms with van der Waals surface area (Å²) in [5.41, 5.74) is 0. The monoisotopic (exact) mass is 352 g/mol. The number of rotatable bonds is 6. The summed E-state index contributed by atoms with van der Waals surface area (Å²) in [5, 5.41) is 0.352. The van der Waals surface area contributed by atoms with E-state index in [9.17, 15) is 8.78 Å². The van der Waals surface area contributed by atoms with Crippen molar-refractivity contribution < 1.29 is 13.5 Å². The topological polar surface area (TPSA) is 9.23 Å². The lowest BCUT2D eigenvalue weighted by molar-refractivity contribution is 0.0166. The normalized spacial score (nSPS) is 13.4. The second kappa shape index (κ2) is 7.11. The van der Waals surface area contributed by atoms with E-state index in [1.807, 2.05) is 0 Å². The fourth-order valence-electron chi connectivity index (χ4n) is 1.02. The van der Waals surface area contributed by atoms with E-state index >= 15 is 0 Å². The Kier molecular flexibility index (Phi) is 6.51. The number of hydrogen-bond acceptors (Lipinski definition) is 2. The molecule has 92 valence electrons. The molecule has 0 aromatic carbocycles. The van der Waals surface area contributed by atoms with Gasteiger partial charge in [-0.2, -0.15) is 0 Å². The highest BCUT2D eigenvalue weighted by Gasteiger charge is 2.13. The number of hydrogen-bond donors (Lipinski definition) is 0. The van der Waals surface area contributed by atoms with Crippen LogP contribution in [-0.2, 0) is 4.74 Å². The van der Waals surface area contributed by atoms with Crippen molar-refractivity contribution in [3.05, 3.63) is 19.8 Å². The van der Waals surface area contributed by atoms with Crippen molar-refractivity contribution in [3.8, 4) is 0 Å². The zero-order valence-corrected chi connectivity index (χ0v) is 12.0. The van der Waals surface area contributed by atoms with Gasteiger partial charge in [0.15, 0.2) is 0 Å². The van der Waals surface area contributed by atoms with Crippen LogP contribution in [-0.4, -0.2) is 19.6 Å². The van der Waals surface area contributed by atoms with Crippen LogP contribution in [0.2, 0.25) is 5.02 Å². The van der Waals surface area contributed by atoms with Gasteiger partial charge in [-0.15, -0.1) is 22.9 Å². The molecular weight excluding hydrogens is 345 g/mol. The largest absolute Gasteiger partial charge is 0.375 e. The van der Waals surface area contributed by atoms with Gasteiger partial charge in [-0.3, -0.25) is 0 Å². The third-order valence-electron chi connectivity index (χ3n) is 1.73. The first-order valence-corrected chi connectivity index (χ1v) is 6.87. The third-order valence-corrected chi connectivity index (χ3v) is 4.90. The molecule has 1 nitrogen and oxygen atoms in total. The lowest BCUT2D eigenvalue weighted by atomic mass is 10.3. The quantitative estimate of drug-likeness (QED) is 0.509. The number of thiophene rings is 1. The molecule has 0 aliphatic rings. The molecule has 0 amide bonds. The molecule has 1 heterocycles. The van der Waals surface area contributed by atoms with E-state index in [1.54, 1.807) is 6.07 Å². The molecule has 1 atom stereocenters. The van der Waals surface area contributed by atoms with Crippen molar-refractivity contribution in [1.29, 1.82) is 0 Å². The molecule has 0 saturated carbocycles. The van der Waals surface area contributed by atoms with E-state index in [0.29, 0.717) is 11.4 Å². The van der Waals surface area contributed by atoms with Gasteiger partial charge in [0.25, 0.3) is 6.43 Å². The van der Waals surface area contributed by atoms with Crippen molar-refractivity contribution in [2.45, 2.75) is 18.2 Å². The van der Waals surface area contributed by atoms with Gasteiger partial charge >= 0.3 is 0 Å². The zero-order chi connectivity index (χ0) is 12.1. The van der Waals surface area contributed by atoms with Crippen LogP contribution in [0.15, 0.2) is 9.85 Å². The summed E-state index contributed by atoms with van der Waals surface area (Å²) in [7, 11) is 0. The minimum absolute atomic E-state index is 0.214. The lowest BCUT2D eigenvalue weighted by Crippen LogP contribution is -2.06. The first-order chi connectivity index (χ1) is 7.50. The van der Waals surface area contributed by atoms with Crippen LogP contribution < -0.4 is 0 Å². The Morgan fingerprint density at radius 1 is 1.50 bits per heavy atom. The maximum Gasteiger partial charge on any atom is 0.261 e. The first kappa shape index (κ1) is 14.6. The van der Waals surface area contributed by atoms with Crippen LogP contribution in [0.3, 0.4) is 0 Å². The van der Waals surface area contributed by atoms with Gasteiger partial charge < -0.3 is 4.74 Å². The van der Waals surface area contributed by atoms with Crippen molar-refractivity contribution in [3.63, 3.8) is 0 Å². The van der Waals surface area contributed by atoms with Gasteiger partial charge in [-0.05, 0) is 28.4 Å². The predicted octanol–water partition coefficient (Wildman–Crippen LogP) is 5.12. The molecule has 1 aromatic rings. The highest BCUT2D eigenvalue weighted by atomic mass is 79.9. The van der Waals surface area contributed by atoms with Crippen molar-refractivity contribution in [2.24, 2.45) is 0 Å². The van der Waals surface area contributed by atoms with Crippen LogP contribution in [0.5, 0.6) is 0 Å². The summed E-state index contributed by atoms with van der Waals surface area (Å²) in [6.45, 7) is -0.329. The Balaban J connectivity index is 2.32. The standard InChI is InChI=1S/C9H9BrCl2F2OS/c10-9-6(12)3-7(16-9)5(11)1-2-15-4-8(13)14/h3,5,8H,1-2,4H2. The molecule has 0 saturated heterocycles. The molecule has 0 bridgehead atoms. The minimum Gasteiger partial charge on any atom is -0.375 e. The smallest absolute Gasteiger partial charge is 0.261 e. The van der Waals surface area contributed by atoms with Crippen LogP contribution in [0.25, 0.3) is 0 Å². The van der Waals surface area contributed by atoms with Crippen molar-refractivity contribution in [1.82, 2.24) is 0 Å². The predicted molar refractivity (Wildman–Crippen MR) is 67.1 cm³/mol. The second-order valence-electron chi connectivity index (χ2n) is 2.99. The van der Waals surface area contributed by atoms with Gasteiger partial charge in [0.05, 0.1) is 14.2 Å². The van der Waals surface area contributed by atoms with Gasteiger partial charge in [-0.25, -0.2) is 8.78 Å². The van der Waals surface area contributed by atoms with Crippen molar-refractivity contribution in [2.75, 3.05) is 13.2 Å². The summed E-state index contributed by atoms with van der Waals surface area (Å²) < 4.78 is 29.1. The van der Waals surface area contributed by atoms with Crippen LogP contribution in [0.4, 0.5) is 8.78 Å². The number of ether oxygens (including phenoxy) is 1. The van der Waals surface area contributed by atoms with Gasteiger partial charge in [0.2, 0.25) is 0 Å². The average molecular weight is 354 g/mol. The molecule has 0 N–H and O–H groups in total. The fourth-order valence-corrected chi connectivity index (χ4v) is 3.06. The molecule has 0 fully saturated rings. The van der Waals surface area contributed by atoms with E-state index in [4.69, 9.17) is 27.9 Å². The molecule has 1 aromatic heterocycles. The number of alkyl halides is 3. The van der Waals surface area contributed by atoms with Crippen molar-refractivity contribution >= 4 is 50.5 Å². The van der Waals surface area contributed by atoms with Crippen LogP contribution >= 0.6 is 50.5 Å². The second-order valence-corrected chi connectivity index (χ2v) is 6.33. The molecule has 1 rings (SSSR count). The average Bonchev–Trinajstić information content (AvgIpc) is 2.54. The van der Waals surface area contributed by atoms with E-state index in [1.165, 1.54) is 11.3 Å². The third kappa shape index (κ3) is 4.84. The molecule has 1 unspecified atom stereocenters.